The standard InChI is InChI=1S/C5H5F3O2/c1-10-4(9)5(8)2(6)3(5)7/h2-3H,1H3. The molecule has 1 saturated carbocycles. The van der Waals surface area contributed by atoms with Crippen molar-refractivity contribution in [1.29, 1.82) is 0 Å². The van der Waals surface area contributed by atoms with E-state index in [1.165, 1.54) is 0 Å². The number of hydrogen-bond donors (Lipinski definition) is 0. The van der Waals surface area contributed by atoms with Crippen LogP contribution in [-0.4, -0.2) is 31.1 Å². The Morgan fingerprint density at radius 3 is 2.00 bits per heavy atom. The molecule has 10 heavy (non-hydrogen) atoms. The summed E-state index contributed by atoms with van der Waals surface area (Å²) < 4.78 is 40.2. The zero-order valence-electron chi connectivity index (χ0n) is 5.11. The molecule has 0 aromatic rings. The Morgan fingerprint density at radius 1 is 1.50 bits per heavy atom. The molecule has 0 bridgehead atoms. The summed E-state index contributed by atoms with van der Waals surface area (Å²) in [5, 5.41) is 0. The molecule has 0 amide bonds. The SMILES string of the molecule is COC(=O)C1(F)C(F)C1F. The van der Waals surface area contributed by atoms with Crippen molar-refractivity contribution < 1.29 is 22.7 Å². The minimum absolute atomic E-state index is 0.876. The minimum Gasteiger partial charge on any atom is -0.466 e. The van der Waals surface area contributed by atoms with Gasteiger partial charge in [0.05, 0.1) is 7.11 Å². The lowest BCUT2D eigenvalue weighted by molar-refractivity contribution is -0.149. The van der Waals surface area contributed by atoms with Crippen LogP contribution in [0.1, 0.15) is 0 Å². The Balaban J connectivity index is 2.65. The quantitative estimate of drug-likeness (QED) is 0.516. The number of carbonyl (C=O) groups excluding carboxylic acids is 1. The average molecular weight is 154 g/mol. The van der Waals surface area contributed by atoms with E-state index in [1.807, 2.05) is 0 Å². The van der Waals surface area contributed by atoms with Gasteiger partial charge in [-0.25, -0.2) is 18.0 Å². The number of esters is 1. The van der Waals surface area contributed by atoms with Crippen molar-refractivity contribution in [2.45, 2.75) is 18.0 Å². The highest BCUT2D eigenvalue weighted by atomic mass is 19.2. The average Bonchev–Trinajstić information content (AvgIpc) is 2.41. The van der Waals surface area contributed by atoms with Crippen LogP contribution >= 0.6 is 0 Å². The van der Waals surface area contributed by atoms with E-state index in [9.17, 15) is 18.0 Å². The fraction of sp³-hybridized carbons (Fsp3) is 0.800. The van der Waals surface area contributed by atoms with Crippen LogP contribution in [-0.2, 0) is 9.53 Å². The molecule has 0 aromatic heterocycles. The number of methoxy groups -OCH3 is 1. The highest BCUT2D eigenvalue weighted by Crippen LogP contribution is 2.47. The maximum Gasteiger partial charge on any atom is 0.350 e. The molecule has 0 aliphatic heterocycles. The highest BCUT2D eigenvalue weighted by molar-refractivity contribution is 5.86. The van der Waals surface area contributed by atoms with Gasteiger partial charge in [-0.05, 0) is 0 Å². The van der Waals surface area contributed by atoms with E-state index in [1.54, 1.807) is 0 Å². The molecule has 0 heterocycles. The van der Waals surface area contributed by atoms with E-state index in [0.717, 1.165) is 7.11 Å². The Labute approximate surface area is 55.0 Å². The van der Waals surface area contributed by atoms with Gasteiger partial charge < -0.3 is 4.74 Å². The number of halogens is 3. The maximum atomic E-state index is 12.5. The molecule has 5 heteroatoms. The van der Waals surface area contributed by atoms with Crippen molar-refractivity contribution in [3.63, 3.8) is 0 Å². The number of ether oxygens (including phenoxy) is 1. The van der Waals surface area contributed by atoms with Gasteiger partial charge in [-0.2, -0.15) is 0 Å². The van der Waals surface area contributed by atoms with E-state index >= 15 is 0 Å². The van der Waals surface area contributed by atoms with Gasteiger partial charge in [0.15, 0.2) is 12.3 Å². The molecule has 0 spiro atoms. The third kappa shape index (κ3) is 0.629. The van der Waals surface area contributed by atoms with E-state index < -0.39 is 24.0 Å². The minimum atomic E-state index is -3.02. The summed E-state index contributed by atoms with van der Waals surface area (Å²) in [4.78, 5) is 10.2. The van der Waals surface area contributed by atoms with E-state index in [4.69, 9.17) is 0 Å². The summed E-state index contributed by atoms with van der Waals surface area (Å²) in [6.07, 6.45) is -4.69. The first kappa shape index (κ1) is 7.37. The number of alkyl halides is 3. The second-order valence-electron chi connectivity index (χ2n) is 2.06. The zero-order valence-corrected chi connectivity index (χ0v) is 5.11. The monoisotopic (exact) mass is 154 g/mol. The Morgan fingerprint density at radius 2 is 1.90 bits per heavy atom. The van der Waals surface area contributed by atoms with Gasteiger partial charge in [-0.3, -0.25) is 0 Å². The van der Waals surface area contributed by atoms with Crippen LogP contribution in [0, 0.1) is 0 Å². The molecule has 0 saturated heterocycles. The first-order valence-electron chi connectivity index (χ1n) is 2.60. The molecular formula is C5H5F3O2. The first-order chi connectivity index (χ1) is 4.55. The predicted molar refractivity (Wildman–Crippen MR) is 25.6 cm³/mol. The smallest absolute Gasteiger partial charge is 0.350 e. The van der Waals surface area contributed by atoms with Crippen LogP contribution in [0.3, 0.4) is 0 Å². The molecule has 0 N–H and O–H groups in total. The highest BCUT2D eigenvalue weighted by Gasteiger charge is 2.76. The third-order valence-electron chi connectivity index (χ3n) is 1.45. The normalized spacial score (nSPS) is 44.8. The predicted octanol–water partition coefficient (Wildman–Crippen LogP) is 0.557. The lowest BCUT2D eigenvalue weighted by atomic mass is 10.4. The second-order valence-corrected chi connectivity index (χ2v) is 2.06. The molecule has 2 nitrogen and oxygen atoms in total. The molecule has 2 unspecified atom stereocenters. The maximum absolute atomic E-state index is 12.5. The second kappa shape index (κ2) is 1.87. The molecule has 0 radical (unpaired) electrons. The van der Waals surface area contributed by atoms with Gasteiger partial charge in [0.25, 0.3) is 5.67 Å². The molecule has 1 aliphatic carbocycles. The van der Waals surface area contributed by atoms with Crippen LogP contribution in [0.15, 0.2) is 0 Å². The van der Waals surface area contributed by atoms with Crippen LogP contribution in [0.25, 0.3) is 0 Å². The van der Waals surface area contributed by atoms with Crippen molar-refractivity contribution >= 4 is 5.97 Å². The van der Waals surface area contributed by atoms with Gasteiger partial charge in [0.2, 0.25) is 0 Å². The lowest BCUT2D eigenvalue weighted by Gasteiger charge is -1.99. The molecule has 1 fully saturated rings. The van der Waals surface area contributed by atoms with Crippen LogP contribution < -0.4 is 0 Å². The van der Waals surface area contributed by atoms with E-state index in [2.05, 4.69) is 4.74 Å². The first-order valence-corrected chi connectivity index (χ1v) is 2.60. The van der Waals surface area contributed by atoms with Crippen molar-refractivity contribution in [3.8, 4) is 0 Å². The molecule has 58 valence electrons. The van der Waals surface area contributed by atoms with Crippen molar-refractivity contribution in [3.05, 3.63) is 0 Å². The van der Waals surface area contributed by atoms with Crippen molar-refractivity contribution in [2.24, 2.45) is 0 Å². The Bertz CT molecular complexity index is 162. The molecule has 1 aliphatic rings. The summed E-state index contributed by atoms with van der Waals surface area (Å²) >= 11 is 0. The molecular weight excluding hydrogens is 149 g/mol. The fourth-order valence-electron chi connectivity index (χ4n) is 0.662. The van der Waals surface area contributed by atoms with Crippen molar-refractivity contribution in [1.82, 2.24) is 0 Å². The van der Waals surface area contributed by atoms with Gasteiger partial charge >= 0.3 is 5.97 Å². The Kier molecular flexibility index (Phi) is 1.38. The third-order valence-corrected chi connectivity index (χ3v) is 1.45. The van der Waals surface area contributed by atoms with Gasteiger partial charge in [0, 0.05) is 0 Å². The number of carbonyl (C=O) groups is 1. The topological polar surface area (TPSA) is 26.3 Å². The van der Waals surface area contributed by atoms with E-state index in [-0.39, 0.29) is 0 Å². The lowest BCUT2D eigenvalue weighted by Crippen LogP contribution is -2.23. The summed E-state index contributed by atoms with van der Waals surface area (Å²) in [6.45, 7) is 0. The van der Waals surface area contributed by atoms with Crippen LogP contribution in [0.5, 0.6) is 0 Å². The zero-order chi connectivity index (χ0) is 7.94. The van der Waals surface area contributed by atoms with E-state index in [0.29, 0.717) is 0 Å². The summed E-state index contributed by atoms with van der Waals surface area (Å²) in [7, 11) is 0.876. The molecule has 2 atom stereocenters. The summed E-state index contributed by atoms with van der Waals surface area (Å²) in [6, 6.07) is 0. The molecule has 0 aromatic carbocycles. The van der Waals surface area contributed by atoms with Gasteiger partial charge in [-0.15, -0.1) is 0 Å². The van der Waals surface area contributed by atoms with Gasteiger partial charge in [0.1, 0.15) is 0 Å². The van der Waals surface area contributed by atoms with Crippen molar-refractivity contribution in [2.75, 3.05) is 7.11 Å². The van der Waals surface area contributed by atoms with Crippen LogP contribution in [0.2, 0.25) is 0 Å². The fourth-order valence-corrected chi connectivity index (χ4v) is 0.662. The largest absolute Gasteiger partial charge is 0.466 e. The summed E-state index contributed by atoms with van der Waals surface area (Å²) in [5.41, 5.74) is -3.02. The number of hydrogen-bond acceptors (Lipinski definition) is 2. The Hall–Kier alpha value is -0.740. The van der Waals surface area contributed by atoms with Gasteiger partial charge in [-0.1, -0.05) is 0 Å². The van der Waals surface area contributed by atoms with Crippen LogP contribution in [0.4, 0.5) is 13.2 Å². The number of rotatable bonds is 1. The molecule has 1 rings (SSSR count). The summed E-state index contributed by atoms with van der Waals surface area (Å²) in [5.74, 6) is -1.48.